The Balaban J connectivity index is 1.70. The van der Waals surface area contributed by atoms with Gasteiger partial charge in [-0.3, -0.25) is 0 Å². The van der Waals surface area contributed by atoms with E-state index >= 15 is 0 Å². The summed E-state index contributed by atoms with van der Waals surface area (Å²) in [6, 6.07) is 0. The summed E-state index contributed by atoms with van der Waals surface area (Å²) in [5.74, 6) is -0.344. The second kappa shape index (κ2) is 7.79. The molecule has 1 heterocycles. The number of hydrogen-bond acceptors (Lipinski definition) is 4. The highest BCUT2D eigenvalue weighted by atomic mass is 16.7. The van der Waals surface area contributed by atoms with Crippen molar-refractivity contribution in [3.63, 3.8) is 0 Å². The second-order valence-electron chi connectivity index (χ2n) is 5.89. The van der Waals surface area contributed by atoms with Crippen LogP contribution in [0.3, 0.4) is 0 Å². The lowest BCUT2D eigenvalue weighted by Crippen LogP contribution is -2.36. The van der Waals surface area contributed by atoms with Gasteiger partial charge in [-0.25, -0.2) is 4.79 Å². The average molecular weight is 282 g/mol. The Kier molecular flexibility index (Phi) is 6.05. The summed E-state index contributed by atoms with van der Waals surface area (Å²) in [6.07, 6.45) is 9.26. The Morgan fingerprint density at radius 1 is 1.15 bits per heavy atom. The zero-order chi connectivity index (χ0) is 14.4. The quantitative estimate of drug-likeness (QED) is 0.573. The van der Waals surface area contributed by atoms with Gasteiger partial charge in [-0.05, 0) is 39.0 Å². The van der Waals surface area contributed by atoms with Gasteiger partial charge in [-0.1, -0.05) is 25.8 Å². The van der Waals surface area contributed by atoms with Crippen molar-refractivity contribution in [2.24, 2.45) is 0 Å². The lowest BCUT2D eigenvalue weighted by atomic mass is 9.97. The van der Waals surface area contributed by atoms with E-state index in [2.05, 4.69) is 6.58 Å². The fourth-order valence-electron chi connectivity index (χ4n) is 2.79. The summed E-state index contributed by atoms with van der Waals surface area (Å²) in [5.41, 5.74) is 0.427. The maximum absolute atomic E-state index is 11.4. The number of carbonyl (C=O) groups excluding carboxylic acids is 1. The molecule has 0 radical (unpaired) electrons. The standard InChI is InChI=1S/C16H26O4/c1-12(2)16(17)18-11-14-9-6-10-15(20-14)19-13-7-4-3-5-8-13/h13-15H,1,3-11H2,2H3. The fraction of sp³-hybridized carbons (Fsp3) is 0.812. The van der Waals surface area contributed by atoms with E-state index < -0.39 is 0 Å². The molecule has 114 valence electrons. The molecule has 0 aromatic carbocycles. The van der Waals surface area contributed by atoms with Crippen LogP contribution in [0.5, 0.6) is 0 Å². The van der Waals surface area contributed by atoms with Gasteiger partial charge in [-0.15, -0.1) is 0 Å². The van der Waals surface area contributed by atoms with Crippen molar-refractivity contribution in [3.8, 4) is 0 Å². The highest BCUT2D eigenvalue weighted by Gasteiger charge is 2.27. The minimum Gasteiger partial charge on any atom is -0.460 e. The van der Waals surface area contributed by atoms with Crippen LogP contribution in [0.25, 0.3) is 0 Å². The van der Waals surface area contributed by atoms with Gasteiger partial charge in [0.25, 0.3) is 0 Å². The van der Waals surface area contributed by atoms with E-state index in [1.54, 1.807) is 6.92 Å². The van der Waals surface area contributed by atoms with Gasteiger partial charge >= 0.3 is 5.97 Å². The molecule has 0 N–H and O–H groups in total. The number of carbonyl (C=O) groups is 1. The van der Waals surface area contributed by atoms with Crippen molar-refractivity contribution in [1.82, 2.24) is 0 Å². The molecule has 20 heavy (non-hydrogen) atoms. The first-order valence-electron chi connectivity index (χ1n) is 7.78. The van der Waals surface area contributed by atoms with E-state index in [1.807, 2.05) is 0 Å². The van der Waals surface area contributed by atoms with Crippen LogP contribution >= 0.6 is 0 Å². The van der Waals surface area contributed by atoms with E-state index in [-0.39, 0.29) is 18.4 Å². The van der Waals surface area contributed by atoms with Gasteiger partial charge in [-0.2, -0.15) is 0 Å². The Bertz CT molecular complexity index is 333. The van der Waals surface area contributed by atoms with Gasteiger partial charge in [0, 0.05) is 5.57 Å². The Morgan fingerprint density at radius 3 is 2.60 bits per heavy atom. The smallest absolute Gasteiger partial charge is 0.333 e. The molecule has 0 bridgehead atoms. The highest BCUT2D eigenvalue weighted by molar-refractivity contribution is 5.86. The monoisotopic (exact) mass is 282 g/mol. The summed E-state index contributed by atoms with van der Waals surface area (Å²) >= 11 is 0. The topological polar surface area (TPSA) is 44.8 Å². The van der Waals surface area contributed by atoms with Crippen LogP contribution < -0.4 is 0 Å². The second-order valence-corrected chi connectivity index (χ2v) is 5.89. The van der Waals surface area contributed by atoms with Crippen LogP contribution in [0.1, 0.15) is 58.3 Å². The summed E-state index contributed by atoms with van der Waals surface area (Å²) in [7, 11) is 0. The zero-order valence-electron chi connectivity index (χ0n) is 12.4. The normalized spacial score (nSPS) is 28.1. The predicted octanol–water partition coefficient (Wildman–Crippen LogP) is 3.35. The molecule has 4 nitrogen and oxygen atoms in total. The molecule has 2 rings (SSSR count). The molecule has 4 heteroatoms. The molecular formula is C16H26O4. The fourth-order valence-corrected chi connectivity index (χ4v) is 2.79. The number of esters is 1. The largest absolute Gasteiger partial charge is 0.460 e. The van der Waals surface area contributed by atoms with E-state index in [9.17, 15) is 4.79 Å². The molecule has 0 aromatic heterocycles. The minimum absolute atomic E-state index is 0.0411. The summed E-state index contributed by atoms with van der Waals surface area (Å²) in [4.78, 5) is 11.4. The minimum atomic E-state index is -0.344. The molecule has 1 saturated heterocycles. The summed E-state index contributed by atoms with van der Waals surface area (Å²) < 4.78 is 17.1. The summed E-state index contributed by atoms with van der Waals surface area (Å²) in [6.45, 7) is 5.52. The molecule has 1 aliphatic carbocycles. The lowest BCUT2D eigenvalue weighted by Gasteiger charge is -2.33. The van der Waals surface area contributed by atoms with E-state index in [0.717, 1.165) is 32.1 Å². The molecule has 2 unspecified atom stereocenters. The molecule has 2 atom stereocenters. The van der Waals surface area contributed by atoms with Gasteiger partial charge in [0.1, 0.15) is 6.61 Å². The van der Waals surface area contributed by atoms with Crippen molar-refractivity contribution in [2.45, 2.75) is 76.8 Å². The predicted molar refractivity (Wildman–Crippen MR) is 76.2 cm³/mol. The van der Waals surface area contributed by atoms with Crippen molar-refractivity contribution in [1.29, 1.82) is 0 Å². The van der Waals surface area contributed by atoms with E-state index in [0.29, 0.717) is 18.3 Å². The maximum atomic E-state index is 11.4. The van der Waals surface area contributed by atoms with Gasteiger partial charge in [0.2, 0.25) is 0 Å². The molecule has 2 aliphatic rings. The molecule has 0 amide bonds. The first kappa shape index (κ1) is 15.5. The maximum Gasteiger partial charge on any atom is 0.333 e. The van der Waals surface area contributed by atoms with Gasteiger partial charge in [0.15, 0.2) is 6.29 Å². The van der Waals surface area contributed by atoms with Crippen LogP contribution in [0.2, 0.25) is 0 Å². The highest BCUT2D eigenvalue weighted by Crippen LogP contribution is 2.26. The third kappa shape index (κ3) is 4.91. The van der Waals surface area contributed by atoms with Crippen LogP contribution in [0, 0.1) is 0 Å². The number of ether oxygens (including phenoxy) is 3. The SMILES string of the molecule is C=C(C)C(=O)OCC1CCCC(OC2CCCCC2)O1. The van der Waals surface area contributed by atoms with Gasteiger partial charge in [0.05, 0.1) is 12.2 Å². The third-order valence-corrected chi connectivity index (χ3v) is 3.96. The lowest BCUT2D eigenvalue weighted by molar-refractivity contribution is -0.226. The number of hydrogen-bond donors (Lipinski definition) is 0. The molecule has 2 fully saturated rings. The van der Waals surface area contributed by atoms with Crippen molar-refractivity contribution >= 4 is 5.97 Å². The zero-order valence-corrected chi connectivity index (χ0v) is 12.4. The Morgan fingerprint density at radius 2 is 1.90 bits per heavy atom. The van der Waals surface area contributed by atoms with Crippen LogP contribution in [-0.4, -0.2) is 31.1 Å². The van der Waals surface area contributed by atoms with Crippen LogP contribution in [0.15, 0.2) is 12.2 Å². The van der Waals surface area contributed by atoms with E-state index in [4.69, 9.17) is 14.2 Å². The first-order chi connectivity index (χ1) is 9.65. The first-order valence-corrected chi connectivity index (χ1v) is 7.78. The van der Waals surface area contributed by atoms with Crippen molar-refractivity contribution < 1.29 is 19.0 Å². The van der Waals surface area contributed by atoms with E-state index in [1.165, 1.54) is 19.3 Å². The Labute approximate surface area is 121 Å². The van der Waals surface area contributed by atoms with Crippen molar-refractivity contribution in [3.05, 3.63) is 12.2 Å². The number of rotatable bonds is 5. The molecule has 1 saturated carbocycles. The molecule has 0 aromatic rings. The molecule has 1 aliphatic heterocycles. The van der Waals surface area contributed by atoms with Gasteiger partial charge < -0.3 is 14.2 Å². The van der Waals surface area contributed by atoms with Crippen LogP contribution in [0.4, 0.5) is 0 Å². The molecular weight excluding hydrogens is 256 g/mol. The van der Waals surface area contributed by atoms with Crippen molar-refractivity contribution in [2.75, 3.05) is 6.61 Å². The third-order valence-electron chi connectivity index (χ3n) is 3.96. The molecule has 0 spiro atoms. The Hall–Kier alpha value is -0.870. The summed E-state index contributed by atoms with van der Waals surface area (Å²) in [5, 5.41) is 0. The average Bonchev–Trinajstić information content (AvgIpc) is 2.46. The van der Waals surface area contributed by atoms with Crippen LogP contribution in [-0.2, 0) is 19.0 Å².